The normalized spacial score (nSPS) is 18.2. The van der Waals surface area contributed by atoms with Gasteiger partial charge in [0.25, 0.3) is 5.91 Å². The third kappa shape index (κ3) is 3.76. The van der Waals surface area contributed by atoms with Crippen LogP contribution >= 0.6 is 34.8 Å². The van der Waals surface area contributed by atoms with E-state index in [9.17, 15) is 4.79 Å². The van der Waals surface area contributed by atoms with E-state index < -0.39 is 11.7 Å². The van der Waals surface area contributed by atoms with Crippen molar-refractivity contribution in [2.24, 2.45) is 15.7 Å². The van der Waals surface area contributed by atoms with Crippen LogP contribution < -0.4 is 10.6 Å². The van der Waals surface area contributed by atoms with Crippen LogP contribution in [0.25, 0.3) is 0 Å². The molecule has 4 aromatic rings. The van der Waals surface area contributed by atoms with Crippen molar-refractivity contribution in [3.63, 3.8) is 0 Å². The summed E-state index contributed by atoms with van der Waals surface area (Å²) < 4.78 is 0. The molecule has 0 radical (unpaired) electrons. The van der Waals surface area contributed by atoms with E-state index >= 15 is 0 Å². The van der Waals surface area contributed by atoms with E-state index in [2.05, 4.69) is 4.99 Å². The van der Waals surface area contributed by atoms with Crippen molar-refractivity contribution < 1.29 is 4.79 Å². The van der Waals surface area contributed by atoms with E-state index in [0.29, 0.717) is 32.3 Å². The van der Waals surface area contributed by atoms with Gasteiger partial charge in [0.1, 0.15) is 0 Å². The lowest BCUT2D eigenvalue weighted by atomic mass is 9.80. The maximum absolute atomic E-state index is 15.0. The second-order valence-electron chi connectivity index (χ2n) is 8.87. The largest absolute Gasteiger partial charge is 0.368 e. The first-order valence-corrected chi connectivity index (χ1v) is 12.9. The molecule has 0 bridgehead atoms. The topological polar surface area (TPSA) is 74.3 Å². The molecule has 2 aliphatic rings. The van der Waals surface area contributed by atoms with Gasteiger partial charge in [-0.15, -0.1) is 0 Å². The van der Waals surface area contributed by atoms with E-state index in [-0.39, 0.29) is 11.9 Å². The van der Waals surface area contributed by atoms with E-state index in [1.165, 1.54) is 4.90 Å². The first kappa shape index (κ1) is 24.5. The molecule has 1 atom stereocenters. The molecule has 2 heterocycles. The van der Waals surface area contributed by atoms with Crippen molar-refractivity contribution in [3.8, 4) is 0 Å². The predicted molar refractivity (Wildman–Crippen MR) is 153 cm³/mol. The molecule has 6 rings (SSSR count). The van der Waals surface area contributed by atoms with Gasteiger partial charge < -0.3 is 5.73 Å². The van der Waals surface area contributed by atoms with Crippen molar-refractivity contribution in [2.45, 2.75) is 11.7 Å². The van der Waals surface area contributed by atoms with Gasteiger partial charge in [-0.05, 0) is 35.4 Å². The van der Waals surface area contributed by atoms with Gasteiger partial charge in [0.05, 0.1) is 5.69 Å². The van der Waals surface area contributed by atoms with Gasteiger partial charge in [-0.25, -0.2) is 9.89 Å². The van der Waals surface area contributed by atoms with E-state index in [1.807, 2.05) is 83.8 Å². The monoisotopic (exact) mass is 559 g/mol. The van der Waals surface area contributed by atoms with Crippen LogP contribution in [0.5, 0.6) is 0 Å². The molecule has 188 valence electrons. The molecule has 0 saturated carbocycles. The molecule has 2 N–H and O–H groups in total. The lowest BCUT2D eigenvalue weighted by Crippen LogP contribution is -2.51. The van der Waals surface area contributed by atoms with Gasteiger partial charge in [-0.2, -0.15) is 4.99 Å². The molecule has 1 saturated heterocycles. The Balaban J connectivity index is 1.72. The van der Waals surface area contributed by atoms with Crippen LogP contribution in [-0.2, 0) is 10.3 Å². The highest BCUT2D eigenvalue weighted by Gasteiger charge is 2.62. The van der Waals surface area contributed by atoms with E-state index in [4.69, 9.17) is 45.5 Å². The first-order chi connectivity index (χ1) is 18.4. The van der Waals surface area contributed by atoms with Crippen molar-refractivity contribution in [1.82, 2.24) is 4.90 Å². The lowest BCUT2D eigenvalue weighted by Gasteiger charge is -2.42. The zero-order valence-corrected chi connectivity index (χ0v) is 22.1. The minimum Gasteiger partial charge on any atom is -0.368 e. The summed E-state index contributed by atoms with van der Waals surface area (Å²) >= 11 is 19.5. The fraction of sp³-hybridized carbons (Fsp3) is 0.0690. The standard InChI is InChI=1S/C29H20Cl3N5O/c30-20-15-21(31)17-22(16-20)36-26(38)29(18-9-3-1-4-10-18,19-11-5-2-6-12-19)37-25(34-27(33)35-28(36)37)23-13-7-8-14-24(23)32/h1-17,25H,(H2,33,34). The Morgan fingerprint density at radius 1 is 0.763 bits per heavy atom. The number of carbonyl (C=O) groups excluding carboxylic acids is 1. The number of rotatable bonds is 4. The number of hydrogen-bond donors (Lipinski definition) is 1. The first-order valence-electron chi connectivity index (χ1n) is 11.8. The summed E-state index contributed by atoms with van der Waals surface area (Å²) in [5.41, 5.74) is 7.51. The number of aliphatic imine (C=N–C) groups is 2. The number of carbonyl (C=O) groups is 1. The fourth-order valence-electron chi connectivity index (χ4n) is 5.17. The van der Waals surface area contributed by atoms with Crippen LogP contribution in [0.3, 0.4) is 0 Å². The number of nitrogens with two attached hydrogens (primary N) is 1. The molecule has 0 aromatic heterocycles. The second kappa shape index (κ2) is 9.48. The van der Waals surface area contributed by atoms with Gasteiger partial charge in [0.15, 0.2) is 11.7 Å². The lowest BCUT2D eigenvalue weighted by molar-refractivity contribution is -0.124. The van der Waals surface area contributed by atoms with Crippen LogP contribution in [0.2, 0.25) is 15.1 Å². The Kier molecular flexibility index (Phi) is 6.11. The van der Waals surface area contributed by atoms with Crippen LogP contribution in [0.1, 0.15) is 22.9 Å². The number of benzene rings is 4. The molecule has 9 heteroatoms. The number of fused-ring (bicyclic) bond motifs is 1. The molecular formula is C29H20Cl3N5O. The van der Waals surface area contributed by atoms with Gasteiger partial charge >= 0.3 is 0 Å². The Hall–Kier alpha value is -3.84. The number of hydrogen-bond acceptors (Lipinski definition) is 5. The number of halogens is 3. The van der Waals surface area contributed by atoms with E-state index in [1.54, 1.807) is 24.3 Å². The van der Waals surface area contributed by atoms with Crippen LogP contribution in [0, 0.1) is 0 Å². The molecule has 4 aromatic carbocycles. The number of anilines is 1. The summed E-state index contributed by atoms with van der Waals surface area (Å²) in [5.74, 6) is 0.0245. The van der Waals surface area contributed by atoms with Crippen LogP contribution in [-0.4, -0.2) is 22.7 Å². The molecule has 1 unspecified atom stereocenters. The molecule has 0 spiro atoms. The molecule has 38 heavy (non-hydrogen) atoms. The van der Waals surface area contributed by atoms with Crippen molar-refractivity contribution in [3.05, 3.63) is 135 Å². The molecule has 0 aliphatic carbocycles. The number of amides is 1. The SMILES string of the molecule is NC1=NC(c2ccccc2Cl)N2C(=N1)N(c1cc(Cl)cc(Cl)c1)C(=O)C2(c1ccccc1)c1ccccc1. The van der Waals surface area contributed by atoms with Crippen molar-refractivity contribution in [2.75, 3.05) is 4.90 Å². The highest BCUT2D eigenvalue weighted by Crippen LogP contribution is 2.51. The van der Waals surface area contributed by atoms with E-state index in [0.717, 1.165) is 11.1 Å². The third-order valence-corrected chi connectivity index (χ3v) is 7.46. The smallest absolute Gasteiger partial charge is 0.269 e. The highest BCUT2D eigenvalue weighted by molar-refractivity contribution is 6.36. The molecule has 6 nitrogen and oxygen atoms in total. The average molecular weight is 561 g/mol. The number of nitrogens with zero attached hydrogens (tertiary/aromatic N) is 4. The van der Waals surface area contributed by atoms with Gasteiger partial charge in [-0.3, -0.25) is 9.69 Å². The van der Waals surface area contributed by atoms with Gasteiger partial charge in [-0.1, -0.05) is 114 Å². The maximum Gasteiger partial charge on any atom is 0.269 e. The Bertz CT molecular complexity index is 1550. The van der Waals surface area contributed by atoms with Gasteiger partial charge in [0, 0.05) is 20.6 Å². The maximum atomic E-state index is 15.0. The Morgan fingerprint density at radius 3 is 1.89 bits per heavy atom. The minimum absolute atomic E-state index is 0.0176. The zero-order chi connectivity index (χ0) is 26.4. The summed E-state index contributed by atoms with van der Waals surface area (Å²) in [6.45, 7) is 0. The highest BCUT2D eigenvalue weighted by atomic mass is 35.5. The third-order valence-electron chi connectivity index (χ3n) is 6.68. The van der Waals surface area contributed by atoms with Crippen LogP contribution in [0.4, 0.5) is 5.69 Å². The zero-order valence-electron chi connectivity index (χ0n) is 19.8. The Morgan fingerprint density at radius 2 is 1.32 bits per heavy atom. The molecular weight excluding hydrogens is 541 g/mol. The predicted octanol–water partition coefficient (Wildman–Crippen LogP) is 6.62. The van der Waals surface area contributed by atoms with Crippen LogP contribution in [0.15, 0.2) is 113 Å². The quantitative estimate of drug-likeness (QED) is 0.305. The molecule has 2 aliphatic heterocycles. The summed E-state index contributed by atoms with van der Waals surface area (Å²) in [4.78, 5) is 27.7. The summed E-state index contributed by atoms with van der Waals surface area (Å²) in [6.07, 6.45) is -0.764. The van der Waals surface area contributed by atoms with Crippen molar-refractivity contribution >= 4 is 58.3 Å². The van der Waals surface area contributed by atoms with Crippen molar-refractivity contribution in [1.29, 1.82) is 0 Å². The molecule has 1 amide bonds. The minimum atomic E-state index is -1.37. The summed E-state index contributed by atoms with van der Waals surface area (Å²) in [6, 6.07) is 31.4. The Labute approximate surface area is 234 Å². The number of guanidine groups is 2. The fourth-order valence-corrected chi connectivity index (χ4v) is 5.92. The summed E-state index contributed by atoms with van der Waals surface area (Å²) in [7, 11) is 0. The molecule has 1 fully saturated rings. The second-order valence-corrected chi connectivity index (χ2v) is 10.2. The van der Waals surface area contributed by atoms with Gasteiger partial charge in [0.2, 0.25) is 11.9 Å². The summed E-state index contributed by atoms with van der Waals surface area (Å²) in [5, 5.41) is 1.25. The average Bonchev–Trinajstić information content (AvgIpc) is 3.17.